The monoisotopic (exact) mass is 371 g/mol. The Morgan fingerprint density at radius 2 is 1.79 bits per heavy atom. The number of rotatable bonds is 4. The van der Waals surface area contributed by atoms with Crippen LogP contribution in [0.25, 0.3) is 0 Å². The quantitative estimate of drug-likeness (QED) is 0.862. The summed E-state index contributed by atoms with van der Waals surface area (Å²) in [4.78, 5) is 12.9. The summed E-state index contributed by atoms with van der Waals surface area (Å²) in [6.07, 6.45) is 1.44. The molecule has 132 valence electrons. The standard InChI is InChI=1S/C16H21NO5S2/c1-16(2,24(21,22)11-7-8-11)15(18)17-13-9-10-23(19,20)14-6-4-3-5-12(13)14/h3-6,11,13H,7-10H2,1-2H3,(H,17,18). The minimum absolute atomic E-state index is 0.0647. The zero-order valence-electron chi connectivity index (χ0n) is 13.7. The van der Waals surface area contributed by atoms with Crippen molar-refractivity contribution in [3.8, 4) is 0 Å². The summed E-state index contributed by atoms with van der Waals surface area (Å²) in [5.74, 6) is -0.640. The van der Waals surface area contributed by atoms with E-state index in [1.807, 2.05) is 0 Å². The van der Waals surface area contributed by atoms with E-state index < -0.39 is 41.6 Å². The SMILES string of the molecule is CC(C)(C(=O)NC1CCS(=O)(=O)c2ccccc21)S(=O)(=O)C1CC1. The molecule has 2 aliphatic rings. The Labute approximate surface area is 142 Å². The predicted molar refractivity (Wildman–Crippen MR) is 90.0 cm³/mol. The van der Waals surface area contributed by atoms with Gasteiger partial charge in [-0.15, -0.1) is 0 Å². The molecule has 0 saturated heterocycles. The van der Waals surface area contributed by atoms with Crippen LogP contribution in [0.5, 0.6) is 0 Å². The zero-order valence-corrected chi connectivity index (χ0v) is 15.3. The van der Waals surface area contributed by atoms with Gasteiger partial charge in [0.15, 0.2) is 19.7 Å². The van der Waals surface area contributed by atoms with Crippen molar-refractivity contribution in [2.75, 3.05) is 5.75 Å². The van der Waals surface area contributed by atoms with Crippen LogP contribution in [0.15, 0.2) is 29.2 Å². The van der Waals surface area contributed by atoms with Crippen LogP contribution < -0.4 is 5.32 Å². The molecular weight excluding hydrogens is 350 g/mol. The van der Waals surface area contributed by atoms with Gasteiger partial charge in [-0.1, -0.05) is 18.2 Å². The van der Waals surface area contributed by atoms with Crippen molar-refractivity contribution >= 4 is 25.6 Å². The van der Waals surface area contributed by atoms with Crippen LogP contribution in [-0.4, -0.2) is 38.5 Å². The van der Waals surface area contributed by atoms with Crippen LogP contribution in [0.3, 0.4) is 0 Å². The van der Waals surface area contributed by atoms with Gasteiger partial charge in [-0.25, -0.2) is 16.8 Å². The number of carbonyl (C=O) groups is 1. The first-order valence-electron chi connectivity index (χ1n) is 7.93. The van der Waals surface area contributed by atoms with Crippen molar-refractivity contribution in [2.45, 2.75) is 54.0 Å². The lowest BCUT2D eigenvalue weighted by Crippen LogP contribution is -2.50. The van der Waals surface area contributed by atoms with Gasteiger partial charge in [0.2, 0.25) is 5.91 Å². The Hall–Kier alpha value is -1.41. The van der Waals surface area contributed by atoms with Crippen LogP contribution >= 0.6 is 0 Å². The van der Waals surface area contributed by atoms with E-state index in [4.69, 9.17) is 0 Å². The van der Waals surface area contributed by atoms with E-state index in [9.17, 15) is 21.6 Å². The minimum atomic E-state index is -3.55. The van der Waals surface area contributed by atoms with Gasteiger partial charge >= 0.3 is 0 Å². The molecule has 0 spiro atoms. The lowest BCUT2D eigenvalue weighted by Gasteiger charge is -2.30. The Balaban J connectivity index is 1.88. The van der Waals surface area contributed by atoms with E-state index in [0.717, 1.165) is 0 Å². The summed E-state index contributed by atoms with van der Waals surface area (Å²) in [7, 11) is -6.89. The van der Waals surface area contributed by atoms with Crippen LogP contribution in [0, 0.1) is 0 Å². The first-order chi connectivity index (χ1) is 11.1. The van der Waals surface area contributed by atoms with Gasteiger partial charge in [0.05, 0.1) is 21.9 Å². The molecule has 1 aliphatic heterocycles. The highest BCUT2D eigenvalue weighted by Gasteiger charge is 2.51. The third kappa shape index (κ3) is 2.75. The van der Waals surface area contributed by atoms with E-state index in [1.165, 1.54) is 19.9 Å². The lowest BCUT2D eigenvalue weighted by molar-refractivity contribution is -0.123. The second-order valence-corrected chi connectivity index (χ2v) is 11.8. The number of hydrogen-bond donors (Lipinski definition) is 1. The fourth-order valence-corrected chi connectivity index (χ4v) is 6.52. The molecule has 0 bridgehead atoms. The van der Waals surface area contributed by atoms with Crippen molar-refractivity contribution in [3.63, 3.8) is 0 Å². The van der Waals surface area contributed by atoms with E-state index in [2.05, 4.69) is 5.32 Å². The minimum Gasteiger partial charge on any atom is -0.348 e. The summed E-state index contributed by atoms with van der Waals surface area (Å²) in [5, 5.41) is 2.33. The van der Waals surface area contributed by atoms with E-state index in [1.54, 1.807) is 18.2 Å². The summed E-state index contributed by atoms with van der Waals surface area (Å²) >= 11 is 0. The van der Waals surface area contributed by atoms with E-state index in [0.29, 0.717) is 18.4 Å². The maximum atomic E-state index is 12.6. The molecule has 1 atom stereocenters. The molecule has 0 aromatic heterocycles. The molecule has 1 aromatic rings. The van der Waals surface area contributed by atoms with Crippen LogP contribution in [0.4, 0.5) is 0 Å². The first kappa shape index (κ1) is 17.4. The average Bonchev–Trinajstić information content (AvgIpc) is 3.35. The third-order valence-corrected chi connectivity index (χ3v) is 9.60. The van der Waals surface area contributed by atoms with Crippen molar-refractivity contribution in [3.05, 3.63) is 29.8 Å². The molecule has 1 aliphatic carbocycles. The fraction of sp³-hybridized carbons (Fsp3) is 0.562. The van der Waals surface area contributed by atoms with Gasteiger partial charge in [-0.3, -0.25) is 4.79 Å². The highest BCUT2D eigenvalue weighted by atomic mass is 32.2. The van der Waals surface area contributed by atoms with Gasteiger partial charge in [-0.2, -0.15) is 0 Å². The molecular formula is C16H21NO5S2. The number of hydrogen-bond acceptors (Lipinski definition) is 5. The van der Waals surface area contributed by atoms with Crippen molar-refractivity contribution in [2.24, 2.45) is 0 Å². The van der Waals surface area contributed by atoms with Crippen molar-refractivity contribution in [1.82, 2.24) is 5.32 Å². The molecule has 24 heavy (non-hydrogen) atoms. The zero-order chi connectivity index (χ0) is 17.8. The second kappa shape index (κ2) is 5.56. The number of nitrogens with one attached hydrogen (secondary N) is 1. The molecule has 1 amide bonds. The van der Waals surface area contributed by atoms with Gasteiger partial charge in [0.1, 0.15) is 4.75 Å². The molecule has 1 saturated carbocycles. The molecule has 1 aromatic carbocycles. The Morgan fingerprint density at radius 1 is 1.17 bits per heavy atom. The number of amides is 1. The highest BCUT2D eigenvalue weighted by molar-refractivity contribution is 7.94. The van der Waals surface area contributed by atoms with Crippen LogP contribution in [0.1, 0.15) is 44.7 Å². The maximum Gasteiger partial charge on any atom is 0.241 e. The van der Waals surface area contributed by atoms with Crippen LogP contribution in [-0.2, 0) is 24.5 Å². The molecule has 3 rings (SSSR count). The predicted octanol–water partition coefficient (Wildman–Crippen LogP) is 1.38. The van der Waals surface area contributed by atoms with Crippen molar-refractivity contribution < 1.29 is 21.6 Å². The molecule has 1 unspecified atom stereocenters. The number of benzene rings is 1. The summed E-state index contributed by atoms with van der Waals surface area (Å²) in [6, 6.07) is 6.05. The first-order valence-corrected chi connectivity index (χ1v) is 11.1. The molecule has 1 fully saturated rings. The second-order valence-electron chi connectivity index (χ2n) is 6.93. The number of carbonyl (C=O) groups excluding carboxylic acids is 1. The third-order valence-electron chi connectivity index (χ3n) is 4.83. The Morgan fingerprint density at radius 3 is 2.42 bits per heavy atom. The smallest absolute Gasteiger partial charge is 0.241 e. The summed E-state index contributed by atoms with van der Waals surface area (Å²) in [6.45, 7) is 2.84. The van der Waals surface area contributed by atoms with Gasteiger partial charge in [0, 0.05) is 0 Å². The Bertz CT molecular complexity index is 883. The van der Waals surface area contributed by atoms with E-state index in [-0.39, 0.29) is 17.1 Å². The normalized spacial score (nSPS) is 23.3. The van der Waals surface area contributed by atoms with E-state index >= 15 is 0 Å². The molecule has 1 N–H and O–H groups in total. The van der Waals surface area contributed by atoms with Gasteiger partial charge in [0.25, 0.3) is 0 Å². The number of fused-ring (bicyclic) bond motifs is 1. The Kier molecular flexibility index (Phi) is 4.03. The molecule has 8 heteroatoms. The molecule has 0 radical (unpaired) electrons. The van der Waals surface area contributed by atoms with Gasteiger partial charge in [-0.05, 0) is 44.7 Å². The molecule has 1 heterocycles. The maximum absolute atomic E-state index is 12.6. The highest BCUT2D eigenvalue weighted by Crippen LogP contribution is 2.37. The lowest BCUT2D eigenvalue weighted by atomic mass is 10.0. The fourth-order valence-electron chi connectivity index (χ4n) is 3.00. The molecule has 6 nitrogen and oxygen atoms in total. The number of sulfone groups is 2. The largest absolute Gasteiger partial charge is 0.348 e. The topological polar surface area (TPSA) is 97.4 Å². The summed E-state index contributed by atoms with van der Waals surface area (Å²) < 4.78 is 47.7. The van der Waals surface area contributed by atoms with Crippen LogP contribution in [0.2, 0.25) is 0 Å². The van der Waals surface area contributed by atoms with Gasteiger partial charge < -0.3 is 5.32 Å². The summed E-state index contributed by atoms with van der Waals surface area (Å²) in [5.41, 5.74) is 0.525. The van der Waals surface area contributed by atoms with Crippen molar-refractivity contribution in [1.29, 1.82) is 0 Å². The average molecular weight is 371 g/mol.